The number of rotatable bonds is 4. The maximum absolute atomic E-state index is 11.4. The van der Waals surface area contributed by atoms with Crippen LogP contribution in [0, 0.1) is 6.92 Å². The summed E-state index contributed by atoms with van der Waals surface area (Å²) in [5, 5.41) is 8.52. The molecular weight excluding hydrogens is 206 g/mol. The molecule has 16 heavy (non-hydrogen) atoms. The second-order valence-electron chi connectivity index (χ2n) is 3.68. The van der Waals surface area contributed by atoms with Gasteiger partial charge >= 0.3 is 6.09 Å². The van der Waals surface area contributed by atoms with E-state index in [2.05, 4.69) is 0 Å². The Balaban J connectivity index is 2.47. The lowest BCUT2D eigenvalue weighted by Gasteiger charge is -2.16. The molecule has 1 N–H and O–H groups in total. The first-order valence-corrected chi connectivity index (χ1v) is 5.18. The van der Waals surface area contributed by atoms with Crippen molar-refractivity contribution in [2.45, 2.75) is 13.5 Å². The molecule has 88 valence electrons. The van der Waals surface area contributed by atoms with Crippen LogP contribution in [-0.4, -0.2) is 36.4 Å². The minimum atomic E-state index is -0.422. The van der Waals surface area contributed by atoms with E-state index in [4.69, 9.17) is 9.84 Å². The number of carbonyl (C=O) groups is 1. The first-order valence-electron chi connectivity index (χ1n) is 5.18. The molecule has 0 unspecified atom stereocenters. The van der Waals surface area contributed by atoms with Gasteiger partial charge in [0, 0.05) is 13.6 Å². The molecule has 0 saturated carbocycles. The lowest BCUT2D eigenvalue weighted by Crippen LogP contribution is -2.27. The maximum Gasteiger partial charge on any atom is 0.409 e. The van der Waals surface area contributed by atoms with E-state index in [-0.39, 0.29) is 13.2 Å². The molecule has 0 aromatic heterocycles. The molecule has 0 atom stereocenters. The lowest BCUT2D eigenvalue weighted by atomic mass is 10.1. The monoisotopic (exact) mass is 223 g/mol. The third-order valence-corrected chi connectivity index (χ3v) is 2.17. The van der Waals surface area contributed by atoms with Crippen molar-refractivity contribution in [3.8, 4) is 0 Å². The summed E-state index contributed by atoms with van der Waals surface area (Å²) in [6.07, 6.45) is -0.422. The van der Waals surface area contributed by atoms with Crippen LogP contribution in [0.15, 0.2) is 24.3 Å². The summed E-state index contributed by atoms with van der Waals surface area (Å²) < 4.78 is 4.79. The van der Waals surface area contributed by atoms with Gasteiger partial charge in [-0.05, 0) is 12.5 Å². The summed E-state index contributed by atoms with van der Waals surface area (Å²) in [4.78, 5) is 12.8. The Kier molecular flexibility index (Phi) is 4.79. The van der Waals surface area contributed by atoms with Crippen molar-refractivity contribution in [3.63, 3.8) is 0 Å². The van der Waals surface area contributed by atoms with Gasteiger partial charge in [-0.1, -0.05) is 29.8 Å². The fraction of sp³-hybridized carbons (Fsp3) is 0.417. The summed E-state index contributed by atoms with van der Waals surface area (Å²) >= 11 is 0. The molecule has 1 aromatic carbocycles. The van der Waals surface area contributed by atoms with Crippen LogP contribution in [0.2, 0.25) is 0 Å². The third-order valence-electron chi connectivity index (χ3n) is 2.17. The Hall–Kier alpha value is -1.55. The number of benzene rings is 1. The smallest absolute Gasteiger partial charge is 0.409 e. The number of hydrogen-bond donors (Lipinski definition) is 1. The van der Waals surface area contributed by atoms with E-state index >= 15 is 0 Å². The zero-order valence-electron chi connectivity index (χ0n) is 9.64. The first kappa shape index (κ1) is 12.5. The second-order valence-corrected chi connectivity index (χ2v) is 3.68. The van der Waals surface area contributed by atoms with Crippen LogP contribution < -0.4 is 0 Å². The van der Waals surface area contributed by atoms with Crippen molar-refractivity contribution in [2.75, 3.05) is 20.3 Å². The van der Waals surface area contributed by atoms with E-state index in [1.54, 1.807) is 7.05 Å². The van der Waals surface area contributed by atoms with Crippen molar-refractivity contribution in [2.24, 2.45) is 0 Å². The molecule has 1 rings (SSSR count). The highest BCUT2D eigenvalue weighted by molar-refractivity contribution is 5.67. The van der Waals surface area contributed by atoms with Crippen LogP contribution in [0.5, 0.6) is 0 Å². The number of aliphatic hydroxyl groups excluding tert-OH is 1. The van der Waals surface area contributed by atoms with Crippen molar-refractivity contribution in [3.05, 3.63) is 35.4 Å². The number of ether oxygens (including phenoxy) is 1. The summed E-state index contributed by atoms with van der Waals surface area (Å²) in [6.45, 7) is 2.41. The van der Waals surface area contributed by atoms with Crippen molar-refractivity contribution in [1.29, 1.82) is 0 Å². The zero-order chi connectivity index (χ0) is 12.0. The van der Waals surface area contributed by atoms with Crippen LogP contribution in [0.1, 0.15) is 11.1 Å². The predicted molar refractivity (Wildman–Crippen MR) is 61.1 cm³/mol. The molecule has 0 aliphatic carbocycles. The van der Waals surface area contributed by atoms with Gasteiger partial charge in [0.15, 0.2) is 0 Å². The van der Waals surface area contributed by atoms with E-state index in [0.717, 1.165) is 5.56 Å². The van der Waals surface area contributed by atoms with Crippen LogP contribution in [0.25, 0.3) is 0 Å². The van der Waals surface area contributed by atoms with Gasteiger partial charge in [0.25, 0.3) is 0 Å². The Labute approximate surface area is 95.5 Å². The van der Waals surface area contributed by atoms with Gasteiger partial charge in [0.2, 0.25) is 0 Å². The largest absolute Gasteiger partial charge is 0.447 e. The van der Waals surface area contributed by atoms with Crippen molar-refractivity contribution in [1.82, 2.24) is 4.90 Å². The molecule has 0 heterocycles. The molecule has 0 aliphatic heterocycles. The number of amides is 1. The van der Waals surface area contributed by atoms with E-state index in [1.807, 2.05) is 31.2 Å². The molecule has 0 bridgehead atoms. The molecule has 1 amide bonds. The molecule has 4 heteroatoms. The highest BCUT2D eigenvalue weighted by Crippen LogP contribution is 2.06. The summed E-state index contributed by atoms with van der Waals surface area (Å²) in [5.74, 6) is 0. The fourth-order valence-electron chi connectivity index (χ4n) is 1.28. The Morgan fingerprint density at radius 2 is 2.00 bits per heavy atom. The molecular formula is C12H17NO3. The van der Waals surface area contributed by atoms with Crippen LogP contribution in [0.3, 0.4) is 0 Å². The topological polar surface area (TPSA) is 49.8 Å². The van der Waals surface area contributed by atoms with Gasteiger partial charge in [-0.2, -0.15) is 0 Å². The molecule has 0 saturated heterocycles. The summed E-state index contributed by atoms with van der Waals surface area (Å²) in [6, 6.07) is 7.96. The van der Waals surface area contributed by atoms with E-state index in [0.29, 0.717) is 6.54 Å². The highest BCUT2D eigenvalue weighted by atomic mass is 16.6. The van der Waals surface area contributed by atoms with Gasteiger partial charge in [-0.15, -0.1) is 0 Å². The standard InChI is InChI=1S/C12H17NO3/c1-10-3-5-11(6-4-10)9-13(2)12(15)16-8-7-14/h3-6,14H,7-9H2,1-2H3. The minimum Gasteiger partial charge on any atom is -0.447 e. The second kappa shape index (κ2) is 6.12. The van der Waals surface area contributed by atoms with E-state index in [9.17, 15) is 4.79 Å². The van der Waals surface area contributed by atoms with Crippen LogP contribution in [0.4, 0.5) is 4.79 Å². The average molecular weight is 223 g/mol. The fourth-order valence-corrected chi connectivity index (χ4v) is 1.28. The van der Waals surface area contributed by atoms with Gasteiger partial charge in [0.05, 0.1) is 6.61 Å². The molecule has 0 spiro atoms. The average Bonchev–Trinajstić information content (AvgIpc) is 2.29. The van der Waals surface area contributed by atoms with Crippen LogP contribution in [-0.2, 0) is 11.3 Å². The van der Waals surface area contributed by atoms with E-state index < -0.39 is 6.09 Å². The number of aliphatic hydroxyl groups is 1. The molecule has 0 radical (unpaired) electrons. The quantitative estimate of drug-likeness (QED) is 0.842. The summed E-state index contributed by atoms with van der Waals surface area (Å²) in [5.41, 5.74) is 2.24. The Morgan fingerprint density at radius 1 is 1.38 bits per heavy atom. The van der Waals surface area contributed by atoms with Gasteiger partial charge < -0.3 is 14.7 Å². The SMILES string of the molecule is Cc1ccc(CN(C)C(=O)OCCO)cc1. The molecule has 4 nitrogen and oxygen atoms in total. The highest BCUT2D eigenvalue weighted by Gasteiger charge is 2.09. The van der Waals surface area contributed by atoms with Gasteiger partial charge in [-0.3, -0.25) is 0 Å². The van der Waals surface area contributed by atoms with Crippen molar-refractivity contribution < 1.29 is 14.6 Å². The van der Waals surface area contributed by atoms with Crippen LogP contribution >= 0.6 is 0 Å². The number of nitrogens with zero attached hydrogens (tertiary/aromatic N) is 1. The minimum absolute atomic E-state index is 0.0388. The Bertz CT molecular complexity index is 335. The number of carbonyl (C=O) groups excluding carboxylic acids is 1. The normalized spacial score (nSPS) is 9.94. The van der Waals surface area contributed by atoms with Gasteiger partial charge in [0.1, 0.15) is 6.61 Å². The predicted octanol–water partition coefficient (Wildman–Crippen LogP) is 1.56. The maximum atomic E-state index is 11.4. The molecule has 1 aromatic rings. The first-order chi connectivity index (χ1) is 7.63. The van der Waals surface area contributed by atoms with E-state index in [1.165, 1.54) is 10.5 Å². The number of aryl methyl sites for hydroxylation is 1. The van der Waals surface area contributed by atoms with Crippen molar-refractivity contribution >= 4 is 6.09 Å². The number of hydrogen-bond acceptors (Lipinski definition) is 3. The van der Waals surface area contributed by atoms with Gasteiger partial charge in [-0.25, -0.2) is 4.79 Å². The third kappa shape index (κ3) is 3.90. The lowest BCUT2D eigenvalue weighted by molar-refractivity contribution is 0.0894. The Morgan fingerprint density at radius 3 is 2.56 bits per heavy atom. The summed E-state index contributed by atoms with van der Waals surface area (Å²) in [7, 11) is 1.67. The zero-order valence-corrected chi connectivity index (χ0v) is 9.64. The molecule has 0 aliphatic rings. The molecule has 0 fully saturated rings.